The fourth-order valence-electron chi connectivity index (χ4n) is 2.17. The van der Waals surface area contributed by atoms with Gasteiger partial charge in [0, 0.05) is 11.1 Å². The molecule has 0 aliphatic heterocycles. The average molecular weight is 280 g/mol. The molecule has 2 aromatic carbocycles. The molecule has 1 atom stereocenters. The Hall–Kier alpha value is -1.81. The molecule has 0 unspecified atom stereocenters. The summed E-state index contributed by atoms with van der Waals surface area (Å²) in [4.78, 5) is 0. The molecule has 2 rings (SSSR count). The van der Waals surface area contributed by atoms with Gasteiger partial charge < -0.3 is 5.32 Å². The van der Waals surface area contributed by atoms with Crippen LogP contribution in [0.3, 0.4) is 0 Å². The Kier molecular flexibility index (Phi) is 4.45. The van der Waals surface area contributed by atoms with Crippen LogP contribution in [0.2, 0.25) is 0 Å². The van der Waals surface area contributed by atoms with E-state index in [1.807, 2.05) is 42.6 Å². The molecule has 0 fully saturated rings. The smallest absolute Gasteiger partial charge is 0.337 e. The minimum atomic E-state index is -4.29. The molecular weight excluding hydrogens is 263 g/mol. The van der Waals surface area contributed by atoms with E-state index in [0.29, 0.717) is 12.1 Å². The van der Waals surface area contributed by atoms with Gasteiger partial charge in [-0.2, -0.15) is 13.2 Å². The maximum atomic E-state index is 12.9. The molecule has 4 heteroatoms. The lowest BCUT2D eigenvalue weighted by atomic mass is 10.1. The van der Waals surface area contributed by atoms with Crippen molar-refractivity contribution in [3.05, 3.63) is 71.3 Å². The number of benzene rings is 2. The Morgan fingerprint density at radius 1 is 0.950 bits per heavy atom. The van der Waals surface area contributed by atoms with Gasteiger partial charge in [0.2, 0.25) is 0 Å². The van der Waals surface area contributed by atoms with E-state index in [9.17, 15) is 13.2 Å². The van der Waals surface area contributed by atoms with Crippen LogP contribution in [0, 0.1) is 0 Å². The first kappa shape index (κ1) is 14.6. The van der Waals surface area contributed by atoms with E-state index in [0.717, 1.165) is 11.6 Å². The molecule has 2 N–H and O–H groups in total. The van der Waals surface area contributed by atoms with Crippen molar-refractivity contribution in [1.29, 1.82) is 0 Å². The SMILES string of the molecule is C[C@@H]([NH2+]Cc1ccccc1C(F)(F)F)c1ccccc1. The third kappa shape index (κ3) is 3.61. The molecule has 0 saturated carbocycles. The summed E-state index contributed by atoms with van der Waals surface area (Å²) in [5.41, 5.74) is 0.885. The summed E-state index contributed by atoms with van der Waals surface area (Å²) >= 11 is 0. The zero-order valence-corrected chi connectivity index (χ0v) is 11.2. The molecule has 0 aliphatic carbocycles. The Morgan fingerprint density at radius 2 is 1.55 bits per heavy atom. The van der Waals surface area contributed by atoms with E-state index in [1.54, 1.807) is 6.07 Å². The lowest BCUT2D eigenvalue weighted by Crippen LogP contribution is -2.83. The maximum Gasteiger partial charge on any atom is 0.416 e. The molecule has 0 radical (unpaired) electrons. The molecule has 2 aromatic rings. The summed E-state index contributed by atoms with van der Waals surface area (Å²) in [7, 11) is 0. The lowest BCUT2D eigenvalue weighted by Gasteiger charge is -2.14. The number of rotatable bonds is 4. The van der Waals surface area contributed by atoms with E-state index in [1.165, 1.54) is 12.1 Å². The summed E-state index contributed by atoms with van der Waals surface area (Å²) in [5.74, 6) is 0. The molecule has 0 spiro atoms. The summed E-state index contributed by atoms with van der Waals surface area (Å²) in [6, 6.07) is 15.6. The van der Waals surface area contributed by atoms with Crippen molar-refractivity contribution >= 4 is 0 Å². The monoisotopic (exact) mass is 280 g/mol. The Morgan fingerprint density at radius 3 is 2.20 bits per heavy atom. The lowest BCUT2D eigenvalue weighted by molar-refractivity contribution is -0.708. The highest BCUT2D eigenvalue weighted by Crippen LogP contribution is 2.31. The van der Waals surface area contributed by atoms with Gasteiger partial charge in [-0.25, -0.2) is 0 Å². The van der Waals surface area contributed by atoms with E-state index < -0.39 is 11.7 Å². The normalized spacial score (nSPS) is 13.2. The van der Waals surface area contributed by atoms with Crippen LogP contribution in [0.1, 0.15) is 29.7 Å². The molecular formula is C16H17F3N+. The van der Waals surface area contributed by atoms with Gasteiger partial charge in [0.05, 0.1) is 5.56 Å². The summed E-state index contributed by atoms with van der Waals surface area (Å²) in [5, 5.41) is 1.92. The first-order valence-electron chi connectivity index (χ1n) is 6.52. The molecule has 0 amide bonds. The molecule has 0 heterocycles. The number of halogens is 3. The molecule has 1 nitrogen and oxygen atoms in total. The number of nitrogens with two attached hydrogens (primary N) is 1. The summed E-state index contributed by atoms with van der Waals surface area (Å²) < 4.78 is 38.6. The topological polar surface area (TPSA) is 16.6 Å². The van der Waals surface area contributed by atoms with Crippen LogP contribution < -0.4 is 5.32 Å². The minimum Gasteiger partial charge on any atom is -0.337 e. The predicted octanol–water partition coefficient (Wildman–Crippen LogP) is 3.53. The van der Waals surface area contributed by atoms with Crippen LogP contribution in [0.15, 0.2) is 54.6 Å². The van der Waals surface area contributed by atoms with Gasteiger partial charge in [-0.1, -0.05) is 48.5 Å². The first-order chi connectivity index (χ1) is 9.48. The number of quaternary nitrogens is 1. The molecule has 0 aliphatic rings. The maximum absolute atomic E-state index is 12.9. The van der Waals surface area contributed by atoms with Gasteiger partial charge in [0.1, 0.15) is 12.6 Å². The summed E-state index contributed by atoms with van der Waals surface area (Å²) in [6.07, 6.45) is -4.29. The van der Waals surface area contributed by atoms with Gasteiger partial charge in [-0.15, -0.1) is 0 Å². The first-order valence-corrected chi connectivity index (χ1v) is 6.52. The third-order valence-corrected chi connectivity index (χ3v) is 3.34. The Labute approximate surface area is 116 Å². The van der Waals surface area contributed by atoms with Crippen LogP contribution in [-0.2, 0) is 12.7 Å². The fraction of sp³-hybridized carbons (Fsp3) is 0.250. The standard InChI is InChI=1S/C16H16F3N/c1-12(13-7-3-2-4-8-13)20-11-14-9-5-6-10-15(14)16(17,18)19/h2-10,12,20H,11H2,1H3/p+1/t12-/m1/s1. The number of hydrogen-bond acceptors (Lipinski definition) is 0. The van der Waals surface area contributed by atoms with Crippen molar-refractivity contribution in [3.63, 3.8) is 0 Å². The van der Waals surface area contributed by atoms with Gasteiger partial charge in [0.25, 0.3) is 0 Å². The second kappa shape index (κ2) is 6.09. The molecule has 106 valence electrons. The number of hydrogen-bond donors (Lipinski definition) is 1. The van der Waals surface area contributed by atoms with E-state index in [2.05, 4.69) is 0 Å². The molecule has 0 aromatic heterocycles. The zero-order valence-electron chi connectivity index (χ0n) is 11.2. The van der Waals surface area contributed by atoms with Crippen molar-refractivity contribution in [2.45, 2.75) is 25.7 Å². The van der Waals surface area contributed by atoms with E-state index in [4.69, 9.17) is 0 Å². The van der Waals surface area contributed by atoms with Crippen LogP contribution in [0.25, 0.3) is 0 Å². The van der Waals surface area contributed by atoms with Crippen LogP contribution in [-0.4, -0.2) is 0 Å². The minimum absolute atomic E-state index is 0.123. The molecule has 0 bridgehead atoms. The Bertz CT molecular complexity index is 549. The van der Waals surface area contributed by atoms with E-state index in [-0.39, 0.29) is 6.04 Å². The fourth-order valence-corrected chi connectivity index (χ4v) is 2.17. The highest BCUT2D eigenvalue weighted by molar-refractivity contribution is 5.28. The second-order valence-electron chi connectivity index (χ2n) is 4.79. The van der Waals surface area contributed by atoms with E-state index >= 15 is 0 Å². The molecule has 0 saturated heterocycles. The highest BCUT2D eigenvalue weighted by atomic mass is 19.4. The predicted molar refractivity (Wildman–Crippen MR) is 71.9 cm³/mol. The average Bonchev–Trinajstić information content (AvgIpc) is 2.45. The van der Waals surface area contributed by atoms with Crippen molar-refractivity contribution < 1.29 is 18.5 Å². The van der Waals surface area contributed by atoms with Gasteiger partial charge in [-0.3, -0.25) is 0 Å². The van der Waals surface area contributed by atoms with Crippen molar-refractivity contribution in [3.8, 4) is 0 Å². The quantitative estimate of drug-likeness (QED) is 0.882. The van der Waals surface area contributed by atoms with Crippen LogP contribution >= 0.6 is 0 Å². The van der Waals surface area contributed by atoms with Crippen molar-refractivity contribution in [1.82, 2.24) is 0 Å². The molecule has 20 heavy (non-hydrogen) atoms. The summed E-state index contributed by atoms with van der Waals surface area (Å²) in [6.45, 7) is 2.30. The van der Waals surface area contributed by atoms with Gasteiger partial charge in [0.15, 0.2) is 0 Å². The van der Waals surface area contributed by atoms with Crippen LogP contribution in [0.4, 0.5) is 13.2 Å². The van der Waals surface area contributed by atoms with Gasteiger partial charge in [-0.05, 0) is 13.0 Å². The Balaban J connectivity index is 2.08. The van der Waals surface area contributed by atoms with Crippen molar-refractivity contribution in [2.24, 2.45) is 0 Å². The highest BCUT2D eigenvalue weighted by Gasteiger charge is 2.33. The van der Waals surface area contributed by atoms with Gasteiger partial charge >= 0.3 is 6.18 Å². The van der Waals surface area contributed by atoms with Crippen molar-refractivity contribution in [2.75, 3.05) is 0 Å². The second-order valence-corrected chi connectivity index (χ2v) is 4.79. The largest absolute Gasteiger partial charge is 0.416 e. The van der Waals surface area contributed by atoms with Crippen LogP contribution in [0.5, 0.6) is 0 Å². The number of alkyl halides is 3. The zero-order chi connectivity index (χ0) is 14.6. The third-order valence-electron chi connectivity index (χ3n) is 3.34.